The van der Waals surface area contributed by atoms with E-state index < -0.39 is 0 Å². The number of aromatic hydroxyl groups is 1. The van der Waals surface area contributed by atoms with Crippen molar-refractivity contribution in [2.75, 3.05) is 34.5 Å². The SMILES string of the molecule is COc1cc([C@H]2OC[C@H](Cc3ccc(OC)c(OC)c3)[C@@H]2CO)ccc1O. The van der Waals surface area contributed by atoms with Crippen LogP contribution in [0.25, 0.3) is 0 Å². The highest BCUT2D eigenvalue weighted by Gasteiger charge is 2.38. The Bertz CT molecular complexity index is 775. The van der Waals surface area contributed by atoms with E-state index in [4.69, 9.17) is 18.9 Å². The lowest BCUT2D eigenvalue weighted by Gasteiger charge is -2.22. The van der Waals surface area contributed by atoms with Gasteiger partial charge in [-0.25, -0.2) is 0 Å². The second-order valence-electron chi connectivity index (χ2n) is 6.69. The van der Waals surface area contributed by atoms with Crippen LogP contribution in [0.5, 0.6) is 23.0 Å². The van der Waals surface area contributed by atoms with Gasteiger partial charge in [0.15, 0.2) is 23.0 Å². The van der Waals surface area contributed by atoms with E-state index >= 15 is 0 Å². The molecule has 1 heterocycles. The van der Waals surface area contributed by atoms with Gasteiger partial charge in [-0.05, 0) is 47.7 Å². The number of ether oxygens (including phenoxy) is 4. The van der Waals surface area contributed by atoms with Gasteiger partial charge in [-0.1, -0.05) is 12.1 Å². The van der Waals surface area contributed by atoms with Crippen molar-refractivity contribution >= 4 is 0 Å². The van der Waals surface area contributed by atoms with Gasteiger partial charge in [0, 0.05) is 12.5 Å². The van der Waals surface area contributed by atoms with Gasteiger partial charge in [-0.15, -0.1) is 0 Å². The largest absolute Gasteiger partial charge is 0.504 e. The number of phenols is 1. The molecule has 27 heavy (non-hydrogen) atoms. The van der Waals surface area contributed by atoms with Gasteiger partial charge in [0.2, 0.25) is 0 Å². The van der Waals surface area contributed by atoms with Crippen LogP contribution in [0.4, 0.5) is 0 Å². The monoisotopic (exact) mass is 374 g/mol. The molecule has 2 aromatic carbocycles. The van der Waals surface area contributed by atoms with E-state index in [2.05, 4.69) is 0 Å². The summed E-state index contributed by atoms with van der Waals surface area (Å²) in [4.78, 5) is 0. The molecule has 3 atom stereocenters. The maximum atomic E-state index is 10.0. The standard InChI is InChI=1S/C21H26O6/c1-24-18-7-4-13(9-20(18)26-3)8-15-12-27-21(16(15)11-22)14-5-6-17(23)19(10-14)25-2/h4-7,9-10,15-16,21-23H,8,11-12H2,1-3H3/t15-,16-,21+/m0/s1. The maximum absolute atomic E-state index is 10.0. The Morgan fingerprint density at radius 3 is 2.37 bits per heavy atom. The van der Waals surface area contributed by atoms with Gasteiger partial charge in [0.05, 0.1) is 34.0 Å². The number of hydrogen-bond donors (Lipinski definition) is 2. The van der Waals surface area contributed by atoms with Crippen LogP contribution in [0.3, 0.4) is 0 Å². The van der Waals surface area contributed by atoms with E-state index in [0.29, 0.717) is 23.9 Å². The van der Waals surface area contributed by atoms with Gasteiger partial charge < -0.3 is 29.2 Å². The van der Waals surface area contributed by atoms with Crippen molar-refractivity contribution in [1.29, 1.82) is 0 Å². The normalized spacial score (nSPS) is 21.9. The van der Waals surface area contributed by atoms with Crippen molar-refractivity contribution in [3.63, 3.8) is 0 Å². The van der Waals surface area contributed by atoms with Gasteiger partial charge in [0.1, 0.15) is 0 Å². The summed E-state index contributed by atoms with van der Waals surface area (Å²) >= 11 is 0. The highest BCUT2D eigenvalue weighted by atomic mass is 16.5. The van der Waals surface area contributed by atoms with Crippen molar-refractivity contribution in [2.24, 2.45) is 11.8 Å². The van der Waals surface area contributed by atoms with E-state index in [0.717, 1.165) is 17.5 Å². The van der Waals surface area contributed by atoms with E-state index in [1.165, 1.54) is 7.11 Å². The second kappa shape index (κ2) is 8.50. The lowest BCUT2D eigenvalue weighted by Crippen LogP contribution is -2.21. The molecule has 146 valence electrons. The van der Waals surface area contributed by atoms with Crippen molar-refractivity contribution < 1.29 is 29.2 Å². The zero-order valence-corrected chi connectivity index (χ0v) is 15.8. The molecule has 6 nitrogen and oxygen atoms in total. The summed E-state index contributed by atoms with van der Waals surface area (Å²) in [6.07, 6.45) is 0.520. The molecule has 0 bridgehead atoms. The number of phenolic OH excluding ortho intramolecular Hbond substituents is 1. The number of hydrogen-bond acceptors (Lipinski definition) is 6. The number of rotatable bonds is 7. The van der Waals surface area contributed by atoms with Crippen molar-refractivity contribution in [2.45, 2.75) is 12.5 Å². The van der Waals surface area contributed by atoms with Crippen LogP contribution in [-0.4, -0.2) is 44.8 Å². The predicted molar refractivity (Wildman–Crippen MR) is 101 cm³/mol. The van der Waals surface area contributed by atoms with E-state index in [1.807, 2.05) is 24.3 Å². The first-order chi connectivity index (χ1) is 13.1. The highest BCUT2D eigenvalue weighted by Crippen LogP contribution is 2.42. The number of methoxy groups -OCH3 is 3. The van der Waals surface area contributed by atoms with Crippen LogP contribution >= 0.6 is 0 Å². The molecule has 1 fully saturated rings. The first kappa shape index (κ1) is 19.3. The maximum Gasteiger partial charge on any atom is 0.160 e. The molecule has 6 heteroatoms. The van der Waals surface area contributed by atoms with Crippen LogP contribution in [-0.2, 0) is 11.2 Å². The first-order valence-electron chi connectivity index (χ1n) is 8.91. The van der Waals surface area contributed by atoms with Crippen LogP contribution in [0.2, 0.25) is 0 Å². The Balaban J connectivity index is 1.79. The van der Waals surface area contributed by atoms with Crippen LogP contribution in [0.15, 0.2) is 36.4 Å². The number of benzene rings is 2. The minimum atomic E-state index is -0.241. The molecule has 1 saturated heterocycles. The third-order valence-corrected chi connectivity index (χ3v) is 5.17. The smallest absolute Gasteiger partial charge is 0.160 e. The summed E-state index contributed by atoms with van der Waals surface area (Å²) in [5.74, 6) is 1.98. The average Bonchev–Trinajstić information content (AvgIpc) is 3.10. The lowest BCUT2D eigenvalue weighted by molar-refractivity contribution is 0.0717. The topological polar surface area (TPSA) is 77.4 Å². The summed E-state index contributed by atoms with van der Waals surface area (Å²) < 4.78 is 21.9. The molecule has 0 radical (unpaired) electrons. The minimum absolute atomic E-state index is 0.0197. The van der Waals surface area contributed by atoms with Crippen LogP contribution < -0.4 is 14.2 Å². The fraction of sp³-hybridized carbons (Fsp3) is 0.429. The Morgan fingerprint density at radius 2 is 1.70 bits per heavy atom. The molecule has 2 N–H and O–H groups in total. The second-order valence-corrected chi connectivity index (χ2v) is 6.69. The third kappa shape index (κ3) is 3.96. The lowest BCUT2D eigenvalue weighted by atomic mass is 9.84. The summed E-state index contributed by atoms with van der Waals surface area (Å²) in [5.41, 5.74) is 1.99. The zero-order valence-electron chi connectivity index (χ0n) is 15.8. The van der Waals surface area contributed by atoms with Crippen LogP contribution in [0.1, 0.15) is 17.2 Å². The van der Waals surface area contributed by atoms with Crippen molar-refractivity contribution in [3.05, 3.63) is 47.5 Å². The predicted octanol–water partition coefficient (Wildman–Crippen LogP) is 2.96. The molecule has 0 saturated carbocycles. The molecule has 1 aliphatic rings. The van der Waals surface area contributed by atoms with E-state index in [9.17, 15) is 10.2 Å². The Morgan fingerprint density at radius 1 is 0.963 bits per heavy atom. The average molecular weight is 374 g/mol. The summed E-state index contributed by atoms with van der Waals surface area (Å²) in [7, 11) is 4.74. The summed E-state index contributed by atoms with van der Waals surface area (Å²) in [6, 6.07) is 11.0. The van der Waals surface area contributed by atoms with E-state index in [-0.39, 0.29) is 30.3 Å². The third-order valence-electron chi connectivity index (χ3n) is 5.17. The molecule has 0 aromatic heterocycles. The molecular weight excluding hydrogens is 348 g/mol. The Kier molecular flexibility index (Phi) is 6.08. The zero-order chi connectivity index (χ0) is 19.4. The molecule has 2 aromatic rings. The van der Waals surface area contributed by atoms with Crippen molar-refractivity contribution in [3.8, 4) is 23.0 Å². The molecule has 0 unspecified atom stereocenters. The Hall–Kier alpha value is -2.44. The number of aliphatic hydroxyl groups excluding tert-OH is 1. The Labute approximate surface area is 159 Å². The van der Waals surface area contributed by atoms with E-state index in [1.54, 1.807) is 26.4 Å². The molecule has 0 amide bonds. The minimum Gasteiger partial charge on any atom is -0.504 e. The summed E-state index contributed by atoms with van der Waals surface area (Å²) in [6.45, 7) is 0.569. The molecular formula is C21H26O6. The quantitative estimate of drug-likeness (QED) is 0.776. The van der Waals surface area contributed by atoms with Gasteiger partial charge >= 0.3 is 0 Å². The summed E-state index contributed by atoms with van der Waals surface area (Å²) in [5, 5.41) is 19.8. The van der Waals surface area contributed by atoms with Crippen LogP contribution in [0, 0.1) is 11.8 Å². The fourth-order valence-corrected chi connectivity index (χ4v) is 3.70. The van der Waals surface area contributed by atoms with Gasteiger partial charge in [-0.2, -0.15) is 0 Å². The molecule has 3 rings (SSSR count). The molecule has 1 aliphatic heterocycles. The van der Waals surface area contributed by atoms with Gasteiger partial charge in [0.25, 0.3) is 0 Å². The first-order valence-corrected chi connectivity index (χ1v) is 8.91. The molecule has 0 spiro atoms. The van der Waals surface area contributed by atoms with Gasteiger partial charge in [-0.3, -0.25) is 0 Å². The molecule has 0 aliphatic carbocycles. The number of aliphatic hydroxyl groups is 1. The highest BCUT2D eigenvalue weighted by molar-refractivity contribution is 5.44. The van der Waals surface area contributed by atoms with Crippen molar-refractivity contribution in [1.82, 2.24) is 0 Å². The fourth-order valence-electron chi connectivity index (χ4n) is 3.70.